The fraction of sp³-hybridized carbons (Fsp3) is 0.625. The van der Waals surface area contributed by atoms with Crippen molar-refractivity contribution in [1.29, 1.82) is 0 Å². The second-order valence-corrected chi connectivity index (χ2v) is 4.71. The molecule has 1 rings (SSSR count). The molecule has 0 saturated heterocycles. The van der Waals surface area contributed by atoms with Gasteiger partial charge in [-0.1, -0.05) is 26.0 Å². The maximum Gasteiger partial charge on any atom is 0.119 e. The number of likely N-dealkylation sites (N-methyl/N-ethyl adjacent to an activating group) is 1. The zero-order chi connectivity index (χ0) is 13.9. The molecule has 1 unspecified atom stereocenters. The molecule has 3 nitrogen and oxygen atoms in total. The molecule has 0 heterocycles. The first kappa shape index (κ1) is 16.0. The molecule has 108 valence electrons. The van der Waals surface area contributed by atoms with Gasteiger partial charge in [0, 0.05) is 19.3 Å². The summed E-state index contributed by atoms with van der Waals surface area (Å²) in [4.78, 5) is 0. The summed E-state index contributed by atoms with van der Waals surface area (Å²) >= 11 is 0. The average molecular weight is 265 g/mol. The topological polar surface area (TPSA) is 30.5 Å². The van der Waals surface area contributed by atoms with E-state index in [9.17, 15) is 0 Å². The highest BCUT2D eigenvalue weighted by Gasteiger charge is 2.09. The third kappa shape index (κ3) is 6.60. The zero-order valence-corrected chi connectivity index (χ0v) is 12.4. The number of benzene rings is 1. The van der Waals surface area contributed by atoms with Crippen LogP contribution >= 0.6 is 0 Å². The number of ether oxygens (including phenoxy) is 2. The lowest BCUT2D eigenvalue weighted by molar-refractivity contribution is 0.124. The number of methoxy groups -OCH3 is 1. The van der Waals surface area contributed by atoms with E-state index in [1.54, 1.807) is 7.11 Å². The zero-order valence-electron chi connectivity index (χ0n) is 12.4. The molecule has 19 heavy (non-hydrogen) atoms. The Hall–Kier alpha value is -1.06. The van der Waals surface area contributed by atoms with Crippen molar-refractivity contribution >= 4 is 0 Å². The van der Waals surface area contributed by atoms with Crippen LogP contribution in [0, 0.1) is 0 Å². The third-order valence-corrected chi connectivity index (χ3v) is 3.07. The van der Waals surface area contributed by atoms with Crippen LogP contribution in [0.1, 0.15) is 32.3 Å². The van der Waals surface area contributed by atoms with Crippen molar-refractivity contribution in [3.8, 4) is 5.75 Å². The molecule has 0 saturated carbocycles. The molecular formula is C16H27NO2. The Labute approximate surface area is 117 Å². The van der Waals surface area contributed by atoms with Crippen molar-refractivity contribution in [3.63, 3.8) is 0 Å². The summed E-state index contributed by atoms with van der Waals surface area (Å²) in [7, 11) is 1.71. The fourth-order valence-corrected chi connectivity index (χ4v) is 2.12. The Morgan fingerprint density at radius 3 is 2.74 bits per heavy atom. The highest BCUT2D eigenvalue weighted by Crippen LogP contribution is 2.15. The SMILES string of the molecule is CCCOCCC(Cc1cccc(OC)c1)NCC. The van der Waals surface area contributed by atoms with Gasteiger partial charge in [0.25, 0.3) is 0 Å². The van der Waals surface area contributed by atoms with Crippen LogP contribution in [0.5, 0.6) is 5.75 Å². The van der Waals surface area contributed by atoms with E-state index < -0.39 is 0 Å². The van der Waals surface area contributed by atoms with Crippen molar-refractivity contribution in [2.24, 2.45) is 0 Å². The quantitative estimate of drug-likeness (QED) is 0.660. The molecule has 0 spiro atoms. The minimum Gasteiger partial charge on any atom is -0.497 e. The molecular weight excluding hydrogens is 238 g/mol. The van der Waals surface area contributed by atoms with Crippen molar-refractivity contribution < 1.29 is 9.47 Å². The van der Waals surface area contributed by atoms with E-state index in [1.165, 1.54) is 5.56 Å². The molecule has 0 amide bonds. The number of rotatable bonds is 10. The van der Waals surface area contributed by atoms with Crippen LogP contribution in [0.4, 0.5) is 0 Å². The molecule has 0 fully saturated rings. The van der Waals surface area contributed by atoms with E-state index in [-0.39, 0.29) is 0 Å². The molecule has 0 aliphatic carbocycles. The molecule has 1 N–H and O–H groups in total. The highest BCUT2D eigenvalue weighted by molar-refractivity contribution is 5.28. The van der Waals surface area contributed by atoms with E-state index in [1.807, 2.05) is 12.1 Å². The first-order valence-electron chi connectivity index (χ1n) is 7.24. The minimum atomic E-state index is 0.467. The van der Waals surface area contributed by atoms with Crippen molar-refractivity contribution in [2.75, 3.05) is 26.9 Å². The second kappa shape index (κ2) is 9.82. The molecule has 1 atom stereocenters. The number of hydrogen-bond acceptors (Lipinski definition) is 3. The first-order chi connectivity index (χ1) is 9.30. The largest absolute Gasteiger partial charge is 0.497 e. The second-order valence-electron chi connectivity index (χ2n) is 4.71. The predicted octanol–water partition coefficient (Wildman–Crippen LogP) is 3.03. The molecule has 0 radical (unpaired) electrons. The number of nitrogens with one attached hydrogen (secondary N) is 1. The van der Waals surface area contributed by atoms with Crippen LogP contribution in [0.25, 0.3) is 0 Å². The van der Waals surface area contributed by atoms with Gasteiger partial charge >= 0.3 is 0 Å². The van der Waals surface area contributed by atoms with Gasteiger partial charge in [0.05, 0.1) is 7.11 Å². The van der Waals surface area contributed by atoms with E-state index >= 15 is 0 Å². The van der Waals surface area contributed by atoms with Crippen LogP contribution < -0.4 is 10.1 Å². The Kier molecular flexibility index (Phi) is 8.26. The average Bonchev–Trinajstić information content (AvgIpc) is 2.44. The van der Waals surface area contributed by atoms with Crippen LogP contribution in [0.2, 0.25) is 0 Å². The van der Waals surface area contributed by atoms with Gasteiger partial charge in [-0.15, -0.1) is 0 Å². The Morgan fingerprint density at radius 1 is 1.21 bits per heavy atom. The summed E-state index contributed by atoms with van der Waals surface area (Å²) in [6, 6.07) is 8.76. The lowest BCUT2D eigenvalue weighted by Crippen LogP contribution is -2.32. The van der Waals surface area contributed by atoms with Gasteiger partial charge in [-0.3, -0.25) is 0 Å². The van der Waals surface area contributed by atoms with E-state index in [0.717, 1.165) is 44.8 Å². The Bertz CT molecular complexity index is 341. The molecule has 0 aliphatic rings. The van der Waals surface area contributed by atoms with Crippen LogP contribution in [-0.4, -0.2) is 32.9 Å². The molecule has 0 bridgehead atoms. The van der Waals surface area contributed by atoms with Gasteiger partial charge in [0.2, 0.25) is 0 Å². The smallest absolute Gasteiger partial charge is 0.119 e. The van der Waals surface area contributed by atoms with Crippen molar-refractivity contribution in [1.82, 2.24) is 5.32 Å². The van der Waals surface area contributed by atoms with Crippen LogP contribution in [0.15, 0.2) is 24.3 Å². The molecule has 0 aliphatic heterocycles. The predicted molar refractivity (Wildman–Crippen MR) is 79.9 cm³/mol. The standard InChI is InChI=1S/C16H27NO2/c1-4-10-19-11-9-15(17-5-2)12-14-7-6-8-16(13-14)18-3/h6-8,13,15,17H,4-5,9-12H2,1-3H3. The third-order valence-electron chi connectivity index (χ3n) is 3.07. The van der Waals surface area contributed by atoms with E-state index in [0.29, 0.717) is 6.04 Å². The molecule has 0 aromatic heterocycles. The van der Waals surface area contributed by atoms with Crippen LogP contribution in [-0.2, 0) is 11.2 Å². The summed E-state index contributed by atoms with van der Waals surface area (Å²) in [6.07, 6.45) is 3.15. The lowest BCUT2D eigenvalue weighted by Gasteiger charge is -2.18. The van der Waals surface area contributed by atoms with Crippen LogP contribution in [0.3, 0.4) is 0 Å². The monoisotopic (exact) mass is 265 g/mol. The molecule has 1 aromatic carbocycles. The maximum atomic E-state index is 5.58. The van der Waals surface area contributed by atoms with Gasteiger partial charge < -0.3 is 14.8 Å². The van der Waals surface area contributed by atoms with Gasteiger partial charge in [0.1, 0.15) is 5.75 Å². The summed E-state index contributed by atoms with van der Waals surface area (Å²) in [5, 5.41) is 3.52. The summed E-state index contributed by atoms with van der Waals surface area (Å²) in [5.41, 5.74) is 1.31. The van der Waals surface area contributed by atoms with Crippen molar-refractivity contribution in [3.05, 3.63) is 29.8 Å². The minimum absolute atomic E-state index is 0.467. The summed E-state index contributed by atoms with van der Waals surface area (Å²) in [5.74, 6) is 0.926. The summed E-state index contributed by atoms with van der Waals surface area (Å²) in [6.45, 7) is 6.96. The Balaban J connectivity index is 2.46. The summed E-state index contributed by atoms with van der Waals surface area (Å²) < 4.78 is 10.8. The maximum absolute atomic E-state index is 5.58. The highest BCUT2D eigenvalue weighted by atomic mass is 16.5. The van der Waals surface area contributed by atoms with Gasteiger partial charge in [0.15, 0.2) is 0 Å². The van der Waals surface area contributed by atoms with Crippen molar-refractivity contribution in [2.45, 2.75) is 39.2 Å². The first-order valence-corrected chi connectivity index (χ1v) is 7.24. The van der Waals surface area contributed by atoms with E-state index in [4.69, 9.17) is 9.47 Å². The Morgan fingerprint density at radius 2 is 2.05 bits per heavy atom. The normalized spacial score (nSPS) is 12.4. The molecule has 1 aromatic rings. The fourth-order valence-electron chi connectivity index (χ4n) is 2.12. The number of hydrogen-bond donors (Lipinski definition) is 1. The van der Waals surface area contributed by atoms with Gasteiger partial charge in [-0.2, -0.15) is 0 Å². The van der Waals surface area contributed by atoms with Gasteiger partial charge in [-0.05, 0) is 43.5 Å². The lowest BCUT2D eigenvalue weighted by atomic mass is 10.0. The molecule has 3 heteroatoms. The van der Waals surface area contributed by atoms with Gasteiger partial charge in [-0.25, -0.2) is 0 Å². The van der Waals surface area contributed by atoms with E-state index in [2.05, 4.69) is 31.3 Å².